The largest absolute Gasteiger partial charge is 0.326 e. The minimum atomic E-state index is -3.38. The second-order valence-electron chi connectivity index (χ2n) is 8.89. The molecule has 0 aliphatic carbocycles. The molecule has 1 heterocycles. The first-order valence-corrected chi connectivity index (χ1v) is 14.7. The second kappa shape index (κ2) is 12.4. The number of thioether (sulfide) groups is 1. The van der Waals surface area contributed by atoms with E-state index in [1.807, 2.05) is 72.8 Å². The molecule has 1 saturated heterocycles. The Kier molecular flexibility index (Phi) is 9.01. The van der Waals surface area contributed by atoms with Crippen molar-refractivity contribution in [2.24, 2.45) is 5.92 Å². The van der Waals surface area contributed by atoms with Gasteiger partial charge in [-0.2, -0.15) is 0 Å². The van der Waals surface area contributed by atoms with Gasteiger partial charge in [-0.15, -0.1) is 11.8 Å². The maximum Gasteiger partial charge on any atom is 0.228 e. The Morgan fingerprint density at radius 3 is 2.31 bits per heavy atom. The maximum absolute atomic E-state index is 12.9. The number of carbonyl (C=O) groups excluding carboxylic acids is 1. The van der Waals surface area contributed by atoms with Crippen LogP contribution in [0.3, 0.4) is 0 Å². The van der Waals surface area contributed by atoms with Crippen LogP contribution in [-0.4, -0.2) is 37.5 Å². The van der Waals surface area contributed by atoms with Gasteiger partial charge in [0, 0.05) is 29.4 Å². The van der Waals surface area contributed by atoms with E-state index in [1.54, 1.807) is 11.8 Å². The van der Waals surface area contributed by atoms with Crippen molar-refractivity contribution in [1.29, 1.82) is 0 Å². The zero-order valence-electron chi connectivity index (χ0n) is 19.8. The summed E-state index contributed by atoms with van der Waals surface area (Å²) in [5, 5.41) is 2.98. The third-order valence-electron chi connectivity index (χ3n) is 6.23. The van der Waals surface area contributed by atoms with Gasteiger partial charge in [0.25, 0.3) is 0 Å². The molecule has 0 radical (unpaired) electrons. The van der Waals surface area contributed by atoms with Crippen molar-refractivity contribution in [3.63, 3.8) is 0 Å². The number of hydrogen-bond donors (Lipinski definition) is 1. The van der Waals surface area contributed by atoms with Crippen molar-refractivity contribution in [1.82, 2.24) is 4.31 Å². The van der Waals surface area contributed by atoms with Gasteiger partial charge >= 0.3 is 0 Å². The molecule has 0 bridgehead atoms. The number of amides is 1. The molecule has 1 aliphatic heterocycles. The van der Waals surface area contributed by atoms with Crippen LogP contribution in [0.15, 0.2) is 89.8 Å². The van der Waals surface area contributed by atoms with Gasteiger partial charge in [0.1, 0.15) is 0 Å². The Balaban J connectivity index is 1.26. The van der Waals surface area contributed by atoms with Gasteiger partial charge in [0.15, 0.2) is 0 Å². The number of aryl methyl sites for hydroxylation is 1. The topological polar surface area (TPSA) is 66.5 Å². The van der Waals surface area contributed by atoms with Gasteiger partial charge in [-0.25, -0.2) is 12.7 Å². The second-order valence-corrected chi connectivity index (χ2v) is 12.0. The van der Waals surface area contributed by atoms with Gasteiger partial charge in [-0.3, -0.25) is 4.79 Å². The predicted octanol–water partition coefficient (Wildman–Crippen LogP) is 5.59. The fourth-order valence-electron chi connectivity index (χ4n) is 4.25. The van der Waals surface area contributed by atoms with Crippen molar-refractivity contribution >= 4 is 33.4 Å². The van der Waals surface area contributed by atoms with Crippen molar-refractivity contribution < 1.29 is 13.2 Å². The van der Waals surface area contributed by atoms with E-state index in [4.69, 9.17) is 0 Å². The Morgan fingerprint density at radius 1 is 0.914 bits per heavy atom. The molecule has 7 heteroatoms. The van der Waals surface area contributed by atoms with Gasteiger partial charge in [0.2, 0.25) is 15.9 Å². The van der Waals surface area contributed by atoms with Crippen LogP contribution in [0.1, 0.15) is 30.4 Å². The number of piperidine rings is 1. The number of rotatable bonds is 10. The summed E-state index contributed by atoms with van der Waals surface area (Å²) in [4.78, 5) is 14.1. The van der Waals surface area contributed by atoms with E-state index in [0.29, 0.717) is 25.8 Å². The lowest BCUT2D eigenvalue weighted by atomic mass is 9.98. The van der Waals surface area contributed by atoms with Gasteiger partial charge < -0.3 is 5.32 Å². The normalized spacial score (nSPS) is 16.6. The molecule has 0 aromatic heterocycles. The Hall–Kier alpha value is -2.61. The van der Waals surface area contributed by atoms with Crippen molar-refractivity contribution in [3.8, 4) is 0 Å². The molecule has 1 N–H and O–H groups in total. The first-order chi connectivity index (χ1) is 17.0. The van der Waals surface area contributed by atoms with Crippen LogP contribution >= 0.6 is 11.8 Å². The fourth-order valence-corrected chi connectivity index (χ4v) is 6.71. The average molecular weight is 509 g/mol. The molecule has 0 saturated carbocycles. The molecule has 5 nitrogen and oxygen atoms in total. The third-order valence-corrected chi connectivity index (χ3v) is 9.24. The zero-order chi connectivity index (χ0) is 24.5. The van der Waals surface area contributed by atoms with E-state index in [0.717, 1.165) is 23.4 Å². The summed E-state index contributed by atoms with van der Waals surface area (Å²) in [5.41, 5.74) is 3.07. The quantitative estimate of drug-likeness (QED) is 0.363. The molecule has 1 fully saturated rings. The van der Waals surface area contributed by atoms with E-state index in [9.17, 15) is 13.2 Å². The van der Waals surface area contributed by atoms with Crippen LogP contribution in [0.25, 0.3) is 0 Å². The van der Waals surface area contributed by atoms with Crippen molar-refractivity contribution in [3.05, 3.63) is 96.1 Å². The number of nitrogens with one attached hydrogen (secondary N) is 1. The highest BCUT2D eigenvalue weighted by molar-refractivity contribution is 7.98. The first-order valence-electron chi connectivity index (χ1n) is 12.1. The van der Waals surface area contributed by atoms with Crippen LogP contribution < -0.4 is 5.32 Å². The fraction of sp³-hybridized carbons (Fsp3) is 0.321. The summed E-state index contributed by atoms with van der Waals surface area (Å²) in [6, 6.07) is 28.1. The summed E-state index contributed by atoms with van der Waals surface area (Å²) >= 11 is 1.77. The van der Waals surface area contributed by atoms with Crippen LogP contribution in [0.5, 0.6) is 0 Å². The standard InChI is InChI=1S/C28H32N2O3S2/c31-28(29-26-17-15-24(16-18-26)22-34-27-13-5-2-6-14-27)25-12-7-19-30(21-25)35(32,33)20-8-11-23-9-3-1-4-10-23/h1-6,9-10,13-18,25H,7-8,11-12,19-22H2,(H,29,31)/t25-/m0/s1. The SMILES string of the molecule is O=C(Nc1ccc(CSc2ccccc2)cc1)[C@H]1CCCN(S(=O)(=O)CCCc2ccccc2)C1. The Labute approximate surface area is 213 Å². The molecule has 4 rings (SSSR count). The third kappa shape index (κ3) is 7.69. The number of sulfonamides is 1. The number of nitrogens with zero attached hydrogens (tertiary/aromatic N) is 1. The molecule has 1 atom stereocenters. The van der Waals surface area contributed by atoms with Crippen LogP contribution in [0, 0.1) is 5.92 Å². The van der Waals surface area contributed by atoms with Crippen LogP contribution in [-0.2, 0) is 27.0 Å². The number of carbonyl (C=O) groups is 1. The van der Waals surface area contributed by atoms with E-state index < -0.39 is 10.0 Å². The van der Waals surface area contributed by atoms with E-state index in [2.05, 4.69) is 17.4 Å². The highest BCUT2D eigenvalue weighted by Crippen LogP contribution is 2.25. The summed E-state index contributed by atoms with van der Waals surface area (Å²) in [6.07, 6.45) is 2.71. The van der Waals surface area contributed by atoms with Crippen molar-refractivity contribution in [2.75, 3.05) is 24.2 Å². The molecular weight excluding hydrogens is 476 g/mol. The Bertz CT molecular complexity index is 1180. The van der Waals surface area contributed by atoms with Crippen LogP contribution in [0.4, 0.5) is 5.69 Å². The molecule has 1 amide bonds. The van der Waals surface area contributed by atoms with E-state index >= 15 is 0 Å². The van der Waals surface area contributed by atoms with Crippen LogP contribution in [0.2, 0.25) is 0 Å². The molecule has 3 aromatic rings. The van der Waals surface area contributed by atoms with E-state index in [1.165, 1.54) is 14.8 Å². The molecular formula is C28H32N2O3S2. The van der Waals surface area contributed by atoms with E-state index in [-0.39, 0.29) is 24.1 Å². The molecule has 0 unspecified atom stereocenters. The molecule has 1 aliphatic rings. The lowest BCUT2D eigenvalue weighted by Crippen LogP contribution is -2.44. The zero-order valence-corrected chi connectivity index (χ0v) is 21.4. The highest BCUT2D eigenvalue weighted by atomic mass is 32.2. The molecule has 0 spiro atoms. The van der Waals surface area contributed by atoms with Gasteiger partial charge in [0.05, 0.1) is 11.7 Å². The monoisotopic (exact) mass is 508 g/mol. The lowest BCUT2D eigenvalue weighted by molar-refractivity contribution is -0.120. The minimum absolute atomic E-state index is 0.110. The maximum atomic E-state index is 12.9. The first kappa shape index (κ1) is 25.5. The predicted molar refractivity (Wildman–Crippen MR) is 144 cm³/mol. The molecule has 35 heavy (non-hydrogen) atoms. The lowest BCUT2D eigenvalue weighted by Gasteiger charge is -2.31. The number of hydrogen-bond acceptors (Lipinski definition) is 4. The summed E-state index contributed by atoms with van der Waals surface area (Å²) in [5.74, 6) is 0.526. The highest BCUT2D eigenvalue weighted by Gasteiger charge is 2.32. The van der Waals surface area contributed by atoms with Gasteiger partial charge in [-0.1, -0.05) is 60.7 Å². The molecule has 184 valence electrons. The summed E-state index contributed by atoms with van der Waals surface area (Å²) in [6.45, 7) is 0.747. The molecule has 3 aromatic carbocycles. The summed E-state index contributed by atoms with van der Waals surface area (Å²) < 4.78 is 27.3. The number of benzene rings is 3. The van der Waals surface area contributed by atoms with Gasteiger partial charge in [-0.05, 0) is 61.1 Å². The minimum Gasteiger partial charge on any atom is -0.326 e. The summed E-state index contributed by atoms with van der Waals surface area (Å²) in [7, 11) is -3.38. The number of anilines is 1. The smallest absolute Gasteiger partial charge is 0.228 e. The van der Waals surface area contributed by atoms with Crippen molar-refractivity contribution in [2.45, 2.75) is 36.3 Å². The average Bonchev–Trinajstić information content (AvgIpc) is 2.89. The Morgan fingerprint density at radius 2 is 1.60 bits per heavy atom.